The van der Waals surface area contributed by atoms with Gasteiger partial charge < -0.3 is 10.6 Å². The van der Waals surface area contributed by atoms with Crippen LogP contribution in [0.5, 0.6) is 0 Å². The number of likely N-dealkylation sites (tertiary alicyclic amines) is 1. The van der Waals surface area contributed by atoms with Crippen molar-refractivity contribution < 1.29 is 9.59 Å². The molecule has 1 aliphatic heterocycles. The normalized spacial score (nSPS) is 15.4. The van der Waals surface area contributed by atoms with Gasteiger partial charge in [-0.3, -0.25) is 14.5 Å². The first-order chi connectivity index (χ1) is 13.1. The Labute approximate surface area is 164 Å². The van der Waals surface area contributed by atoms with Crippen LogP contribution in [0, 0.1) is 12.8 Å². The molecule has 0 atom stereocenters. The molecule has 6 heteroatoms. The van der Waals surface area contributed by atoms with E-state index in [4.69, 9.17) is 0 Å². The molecular formula is C21H27N3O2S. The maximum Gasteiger partial charge on any atom is 0.234 e. The summed E-state index contributed by atoms with van der Waals surface area (Å²) in [6.45, 7) is 5.21. The number of benzene rings is 1. The van der Waals surface area contributed by atoms with E-state index in [1.165, 1.54) is 10.4 Å². The standard InChI is InChI=1S/C21H27N3O2S/c1-16-9-12-27-19(16)14-22-20(25)15-24-10-7-18(8-11-24)21(26)23-13-17-5-3-2-4-6-17/h2-6,9,12,18H,7-8,10-11,13-15H2,1H3,(H,22,25)(H,23,26). The number of rotatable bonds is 7. The summed E-state index contributed by atoms with van der Waals surface area (Å²) in [4.78, 5) is 27.9. The second-order valence-corrected chi connectivity index (χ2v) is 8.06. The monoisotopic (exact) mass is 385 g/mol. The molecule has 1 fully saturated rings. The van der Waals surface area contributed by atoms with Crippen molar-refractivity contribution in [1.29, 1.82) is 0 Å². The smallest absolute Gasteiger partial charge is 0.234 e. The van der Waals surface area contributed by atoms with Gasteiger partial charge in [0.25, 0.3) is 0 Å². The molecule has 0 saturated carbocycles. The minimum absolute atomic E-state index is 0.0433. The molecule has 1 saturated heterocycles. The molecule has 1 aromatic carbocycles. The number of nitrogens with one attached hydrogen (secondary N) is 2. The SMILES string of the molecule is Cc1ccsc1CNC(=O)CN1CCC(C(=O)NCc2ccccc2)CC1. The summed E-state index contributed by atoms with van der Waals surface area (Å²) in [7, 11) is 0. The highest BCUT2D eigenvalue weighted by molar-refractivity contribution is 7.10. The van der Waals surface area contributed by atoms with Crippen LogP contribution in [0.15, 0.2) is 41.8 Å². The quantitative estimate of drug-likeness (QED) is 0.770. The summed E-state index contributed by atoms with van der Waals surface area (Å²) >= 11 is 1.67. The molecule has 3 rings (SSSR count). The molecule has 1 aromatic heterocycles. The van der Waals surface area contributed by atoms with E-state index in [-0.39, 0.29) is 17.7 Å². The minimum Gasteiger partial charge on any atom is -0.352 e. The van der Waals surface area contributed by atoms with Crippen LogP contribution in [0.25, 0.3) is 0 Å². The molecule has 0 unspecified atom stereocenters. The van der Waals surface area contributed by atoms with Gasteiger partial charge in [0, 0.05) is 17.3 Å². The third-order valence-electron chi connectivity index (χ3n) is 5.05. The minimum atomic E-state index is 0.0433. The third-order valence-corrected chi connectivity index (χ3v) is 6.07. The summed E-state index contributed by atoms with van der Waals surface area (Å²) in [6, 6.07) is 12.0. The van der Waals surface area contributed by atoms with Crippen LogP contribution >= 0.6 is 11.3 Å². The first-order valence-corrected chi connectivity index (χ1v) is 10.3. The molecule has 2 amide bonds. The van der Waals surface area contributed by atoms with Crippen molar-refractivity contribution in [2.45, 2.75) is 32.9 Å². The van der Waals surface area contributed by atoms with Crippen molar-refractivity contribution >= 4 is 23.2 Å². The van der Waals surface area contributed by atoms with Crippen LogP contribution in [0.1, 0.15) is 28.8 Å². The largest absolute Gasteiger partial charge is 0.352 e. The van der Waals surface area contributed by atoms with E-state index < -0.39 is 0 Å². The lowest BCUT2D eigenvalue weighted by atomic mass is 9.96. The Kier molecular flexibility index (Phi) is 7.01. The van der Waals surface area contributed by atoms with Crippen LogP contribution in [-0.4, -0.2) is 36.3 Å². The number of carbonyl (C=O) groups excluding carboxylic acids is 2. The maximum atomic E-state index is 12.4. The van der Waals surface area contributed by atoms with Gasteiger partial charge in [-0.1, -0.05) is 30.3 Å². The zero-order chi connectivity index (χ0) is 19.1. The molecule has 2 N–H and O–H groups in total. The van der Waals surface area contributed by atoms with Crippen molar-refractivity contribution in [3.8, 4) is 0 Å². The van der Waals surface area contributed by atoms with Crippen LogP contribution in [0.3, 0.4) is 0 Å². The van der Waals surface area contributed by atoms with Crippen LogP contribution in [0.2, 0.25) is 0 Å². The van der Waals surface area contributed by atoms with Crippen molar-refractivity contribution in [2.24, 2.45) is 5.92 Å². The summed E-state index contributed by atoms with van der Waals surface area (Å²) in [5.74, 6) is 0.215. The van der Waals surface area contributed by atoms with Crippen molar-refractivity contribution in [2.75, 3.05) is 19.6 Å². The summed E-state index contributed by atoms with van der Waals surface area (Å²) in [6.07, 6.45) is 1.61. The average Bonchev–Trinajstić information content (AvgIpc) is 3.11. The molecule has 2 aromatic rings. The van der Waals surface area contributed by atoms with Gasteiger partial charge in [0.05, 0.1) is 13.1 Å². The van der Waals surface area contributed by atoms with Gasteiger partial charge >= 0.3 is 0 Å². The topological polar surface area (TPSA) is 61.4 Å². The Hall–Kier alpha value is -2.18. The van der Waals surface area contributed by atoms with Gasteiger partial charge in [-0.2, -0.15) is 0 Å². The van der Waals surface area contributed by atoms with Gasteiger partial charge in [-0.25, -0.2) is 0 Å². The fourth-order valence-electron chi connectivity index (χ4n) is 3.31. The molecule has 0 bridgehead atoms. The van der Waals surface area contributed by atoms with Gasteiger partial charge in [0.15, 0.2) is 0 Å². The van der Waals surface area contributed by atoms with Crippen LogP contribution in [0.4, 0.5) is 0 Å². The molecule has 27 heavy (non-hydrogen) atoms. The number of nitrogens with zero attached hydrogens (tertiary/aromatic N) is 1. The molecule has 0 radical (unpaired) electrons. The second kappa shape index (κ2) is 9.67. The van der Waals surface area contributed by atoms with E-state index in [9.17, 15) is 9.59 Å². The maximum absolute atomic E-state index is 12.4. The molecule has 144 valence electrons. The van der Waals surface area contributed by atoms with E-state index in [1.54, 1.807) is 11.3 Å². The molecule has 0 spiro atoms. The van der Waals surface area contributed by atoms with E-state index in [0.717, 1.165) is 31.5 Å². The third kappa shape index (κ3) is 5.91. The Bertz CT molecular complexity index is 752. The predicted molar refractivity (Wildman–Crippen MR) is 108 cm³/mol. The number of amides is 2. The Morgan fingerprint density at radius 3 is 2.48 bits per heavy atom. The number of hydrogen-bond donors (Lipinski definition) is 2. The average molecular weight is 386 g/mol. The van der Waals surface area contributed by atoms with Gasteiger partial charge in [0.2, 0.25) is 11.8 Å². The lowest BCUT2D eigenvalue weighted by molar-refractivity contribution is -0.127. The van der Waals surface area contributed by atoms with Gasteiger partial charge in [-0.05, 0) is 55.4 Å². The van der Waals surface area contributed by atoms with Crippen molar-refractivity contribution in [3.63, 3.8) is 0 Å². The predicted octanol–water partition coefficient (Wildman–Crippen LogP) is 2.70. The Morgan fingerprint density at radius 2 is 1.81 bits per heavy atom. The highest BCUT2D eigenvalue weighted by Crippen LogP contribution is 2.18. The number of carbonyl (C=O) groups is 2. The fourth-order valence-corrected chi connectivity index (χ4v) is 4.15. The van der Waals surface area contributed by atoms with Crippen LogP contribution < -0.4 is 10.6 Å². The fraction of sp³-hybridized carbons (Fsp3) is 0.429. The first-order valence-electron chi connectivity index (χ1n) is 9.45. The summed E-state index contributed by atoms with van der Waals surface area (Å²) in [5, 5.41) is 8.07. The van der Waals surface area contributed by atoms with Gasteiger partial charge in [-0.15, -0.1) is 11.3 Å². The van der Waals surface area contributed by atoms with Crippen LogP contribution in [-0.2, 0) is 22.7 Å². The number of hydrogen-bond acceptors (Lipinski definition) is 4. The molecule has 0 aliphatic carbocycles. The summed E-state index contributed by atoms with van der Waals surface area (Å²) in [5.41, 5.74) is 2.34. The highest BCUT2D eigenvalue weighted by Gasteiger charge is 2.25. The molecular weight excluding hydrogens is 358 g/mol. The Morgan fingerprint density at radius 1 is 1.07 bits per heavy atom. The second-order valence-electron chi connectivity index (χ2n) is 7.06. The number of piperidine rings is 1. The zero-order valence-corrected chi connectivity index (χ0v) is 16.6. The molecule has 1 aliphatic rings. The van der Waals surface area contributed by atoms with E-state index in [0.29, 0.717) is 19.6 Å². The first kappa shape index (κ1) is 19.6. The lowest BCUT2D eigenvalue weighted by Gasteiger charge is -2.30. The van der Waals surface area contributed by atoms with Gasteiger partial charge in [0.1, 0.15) is 0 Å². The highest BCUT2D eigenvalue weighted by atomic mass is 32.1. The zero-order valence-electron chi connectivity index (χ0n) is 15.7. The number of thiophene rings is 1. The number of aryl methyl sites for hydroxylation is 1. The van der Waals surface area contributed by atoms with E-state index >= 15 is 0 Å². The van der Waals surface area contributed by atoms with E-state index in [1.807, 2.05) is 35.7 Å². The van der Waals surface area contributed by atoms with Crippen molar-refractivity contribution in [3.05, 3.63) is 57.8 Å². The van der Waals surface area contributed by atoms with Crippen molar-refractivity contribution in [1.82, 2.24) is 15.5 Å². The Balaban J connectivity index is 1.35. The summed E-state index contributed by atoms with van der Waals surface area (Å²) < 4.78 is 0. The molecule has 2 heterocycles. The lowest BCUT2D eigenvalue weighted by Crippen LogP contribution is -2.44. The molecule has 5 nitrogen and oxygen atoms in total. The van der Waals surface area contributed by atoms with E-state index in [2.05, 4.69) is 28.5 Å².